The van der Waals surface area contributed by atoms with Gasteiger partial charge in [0, 0.05) is 36.3 Å². The molecule has 3 atom stereocenters. The van der Waals surface area contributed by atoms with Crippen LogP contribution in [0.5, 0.6) is 5.75 Å². The van der Waals surface area contributed by atoms with Gasteiger partial charge in [-0.15, -0.1) is 0 Å². The number of piperidine rings is 1. The van der Waals surface area contributed by atoms with E-state index in [-0.39, 0.29) is 31.2 Å². The van der Waals surface area contributed by atoms with E-state index in [0.29, 0.717) is 40.0 Å². The number of aliphatic hydroxyl groups is 1. The minimum Gasteiger partial charge on any atom is -0.495 e. The molecule has 4 rings (SSSR count). The number of aliphatic hydroxyl groups excluding tert-OH is 1. The predicted octanol–water partition coefficient (Wildman–Crippen LogP) is 4.24. The van der Waals surface area contributed by atoms with Crippen LogP contribution in [0.1, 0.15) is 29.4 Å². The van der Waals surface area contributed by atoms with Crippen LogP contribution in [0.2, 0.25) is 0 Å². The van der Waals surface area contributed by atoms with Crippen LogP contribution in [-0.2, 0) is 6.54 Å². The van der Waals surface area contributed by atoms with Crippen molar-refractivity contribution in [3.05, 3.63) is 53.7 Å². The number of aromatic nitrogens is 1. The second-order valence-corrected chi connectivity index (χ2v) is 10.4. The van der Waals surface area contributed by atoms with Crippen molar-refractivity contribution in [2.75, 3.05) is 51.0 Å². The number of halogens is 4. The molecule has 1 aliphatic heterocycles. The number of hydrogen-bond acceptors (Lipinski definition) is 6. The van der Waals surface area contributed by atoms with E-state index in [4.69, 9.17) is 4.74 Å². The second-order valence-electron chi connectivity index (χ2n) is 10.4. The Balaban J connectivity index is 1.54. The maximum atomic E-state index is 14.7. The molecule has 0 radical (unpaired) electrons. The maximum absolute atomic E-state index is 14.7. The third-order valence-corrected chi connectivity index (χ3v) is 6.97. The molecule has 42 heavy (non-hydrogen) atoms. The number of carbonyl (C=O) groups is 1. The molecule has 1 amide bonds. The lowest BCUT2D eigenvalue weighted by Crippen LogP contribution is -2.46. The fraction of sp³-hybridized carbons (Fsp3) is 0.433. The Morgan fingerprint density at radius 1 is 1.21 bits per heavy atom. The third kappa shape index (κ3) is 7.86. The number of benzene rings is 2. The van der Waals surface area contributed by atoms with Crippen LogP contribution >= 0.6 is 0 Å². The van der Waals surface area contributed by atoms with Gasteiger partial charge in [-0.05, 0) is 62.7 Å². The van der Waals surface area contributed by atoms with Crippen LogP contribution in [0.3, 0.4) is 0 Å². The Kier molecular flexibility index (Phi) is 9.85. The van der Waals surface area contributed by atoms with E-state index in [1.165, 1.54) is 13.2 Å². The van der Waals surface area contributed by atoms with Gasteiger partial charge in [-0.25, -0.2) is 4.39 Å². The largest absolute Gasteiger partial charge is 0.495 e. The molecular formula is C30H35F4N5O3. The van der Waals surface area contributed by atoms with E-state index in [2.05, 4.69) is 27.8 Å². The average Bonchev–Trinajstić information content (AvgIpc) is 3.27. The molecule has 4 N–H and O–H groups in total. The molecule has 0 unspecified atom stereocenters. The quantitative estimate of drug-likeness (QED) is 0.221. The van der Waals surface area contributed by atoms with Crippen molar-refractivity contribution in [3.8, 4) is 17.6 Å². The van der Waals surface area contributed by atoms with Gasteiger partial charge in [-0.2, -0.15) is 13.2 Å². The molecule has 8 nitrogen and oxygen atoms in total. The minimum absolute atomic E-state index is 0.0850. The molecule has 0 spiro atoms. The molecule has 0 bridgehead atoms. The monoisotopic (exact) mass is 589 g/mol. The fourth-order valence-electron chi connectivity index (χ4n) is 4.88. The summed E-state index contributed by atoms with van der Waals surface area (Å²) in [7, 11) is 3.30. The van der Waals surface area contributed by atoms with Gasteiger partial charge in [0.05, 0.1) is 42.7 Å². The highest BCUT2D eigenvalue weighted by atomic mass is 19.4. The first-order valence-corrected chi connectivity index (χ1v) is 13.6. The Labute approximate surface area is 242 Å². The SMILES string of the molecule is COc1cc(C(=O)NC[C@@H](C)O)ccc1NCC#Cc1cc2c(N[C@@H]3CCN(C)C[C@@H]3F)cccc2n1CC(F)(F)F. The number of likely N-dealkylation sites (tertiary alicyclic amines) is 1. The first-order valence-electron chi connectivity index (χ1n) is 13.6. The summed E-state index contributed by atoms with van der Waals surface area (Å²) in [5, 5.41) is 18.8. The van der Waals surface area contributed by atoms with E-state index >= 15 is 0 Å². The maximum Gasteiger partial charge on any atom is 0.406 e. The number of fused-ring (bicyclic) bond motifs is 1. The number of ether oxygens (including phenoxy) is 1. The van der Waals surface area contributed by atoms with Gasteiger partial charge >= 0.3 is 6.18 Å². The lowest BCUT2D eigenvalue weighted by atomic mass is 10.0. The number of nitrogens with zero attached hydrogens (tertiary/aromatic N) is 2. The van der Waals surface area contributed by atoms with Gasteiger partial charge < -0.3 is 35.3 Å². The first kappa shape index (κ1) is 31.0. The van der Waals surface area contributed by atoms with Crippen molar-refractivity contribution in [1.29, 1.82) is 0 Å². The highest BCUT2D eigenvalue weighted by Crippen LogP contribution is 2.32. The van der Waals surface area contributed by atoms with Gasteiger partial charge in [0.15, 0.2) is 0 Å². The molecule has 12 heteroatoms. The van der Waals surface area contributed by atoms with Crippen LogP contribution in [0.4, 0.5) is 28.9 Å². The summed E-state index contributed by atoms with van der Waals surface area (Å²) in [4.78, 5) is 14.2. The lowest BCUT2D eigenvalue weighted by molar-refractivity contribution is -0.140. The third-order valence-electron chi connectivity index (χ3n) is 6.97. The van der Waals surface area contributed by atoms with Crippen LogP contribution in [0, 0.1) is 11.8 Å². The van der Waals surface area contributed by atoms with Crippen molar-refractivity contribution >= 4 is 28.2 Å². The van der Waals surface area contributed by atoms with Crippen molar-refractivity contribution in [2.24, 2.45) is 0 Å². The number of nitrogens with one attached hydrogen (secondary N) is 3. The summed E-state index contributed by atoms with van der Waals surface area (Å²) in [6, 6.07) is 10.9. The van der Waals surface area contributed by atoms with E-state index in [1.807, 2.05) is 11.9 Å². The standard InChI is InChI=1S/C30H35F4N5O3/c1-19(40)16-36-29(41)20-9-10-26(28(14-20)42-3)35-12-5-6-21-15-22-24(37-25-11-13-38(2)17-23(25)31)7-4-8-27(22)39(21)18-30(32,33)34/h4,7-10,14-15,19,23,25,35,37,40H,11-13,16-18H2,1-3H3,(H,36,41)/t19-,23+,25-/m1/s1. The molecule has 2 heterocycles. The van der Waals surface area contributed by atoms with Crippen molar-refractivity contribution in [3.63, 3.8) is 0 Å². The van der Waals surface area contributed by atoms with Gasteiger partial charge in [-0.3, -0.25) is 4.79 Å². The highest BCUT2D eigenvalue weighted by Gasteiger charge is 2.31. The molecule has 1 fully saturated rings. The number of methoxy groups -OCH3 is 1. The zero-order valence-corrected chi connectivity index (χ0v) is 23.7. The topological polar surface area (TPSA) is 90.8 Å². The van der Waals surface area contributed by atoms with Crippen LogP contribution in [-0.4, -0.2) is 85.3 Å². The molecule has 1 aromatic heterocycles. The van der Waals surface area contributed by atoms with Crippen molar-refractivity contribution in [1.82, 2.24) is 14.8 Å². The van der Waals surface area contributed by atoms with Gasteiger partial charge in [0.2, 0.25) is 0 Å². The normalized spacial score (nSPS) is 18.2. The fourth-order valence-corrected chi connectivity index (χ4v) is 4.88. The summed E-state index contributed by atoms with van der Waals surface area (Å²) in [5.74, 6) is 5.73. The number of anilines is 2. The summed E-state index contributed by atoms with van der Waals surface area (Å²) < 4.78 is 61.8. The van der Waals surface area contributed by atoms with Gasteiger partial charge in [0.25, 0.3) is 5.91 Å². The molecule has 1 aliphatic rings. The zero-order chi connectivity index (χ0) is 30.4. The average molecular weight is 590 g/mol. The predicted molar refractivity (Wildman–Crippen MR) is 155 cm³/mol. The molecule has 0 aliphatic carbocycles. The minimum atomic E-state index is -4.47. The Bertz CT molecular complexity index is 1460. The van der Waals surface area contributed by atoms with Gasteiger partial charge in [-0.1, -0.05) is 12.0 Å². The molecule has 226 valence electrons. The molecule has 1 saturated heterocycles. The number of alkyl halides is 4. The van der Waals surface area contributed by atoms with E-state index < -0.39 is 31.0 Å². The summed E-state index contributed by atoms with van der Waals surface area (Å²) >= 11 is 0. The molecule has 3 aromatic rings. The smallest absolute Gasteiger partial charge is 0.406 e. The van der Waals surface area contributed by atoms with Gasteiger partial charge in [0.1, 0.15) is 18.5 Å². The summed E-state index contributed by atoms with van der Waals surface area (Å²) in [6.45, 7) is 1.54. The van der Waals surface area contributed by atoms with Crippen LogP contribution < -0.4 is 20.7 Å². The number of rotatable bonds is 9. The summed E-state index contributed by atoms with van der Waals surface area (Å²) in [6.07, 6.45) is -5.69. The molecular weight excluding hydrogens is 554 g/mol. The zero-order valence-electron chi connectivity index (χ0n) is 23.7. The number of amides is 1. The Hall–Kier alpha value is -3.95. The van der Waals surface area contributed by atoms with Crippen LogP contribution in [0.15, 0.2) is 42.5 Å². The lowest BCUT2D eigenvalue weighted by Gasteiger charge is -2.33. The van der Waals surface area contributed by atoms with E-state index in [9.17, 15) is 27.5 Å². The van der Waals surface area contributed by atoms with Crippen molar-refractivity contribution in [2.45, 2.75) is 44.4 Å². The Morgan fingerprint density at radius 3 is 2.69 bits per heavy atom. The number of hydrogen-bond donors (Lipinski definition) is 4. The summed E-state index contributed by atoms with van der Waals surface area (Å²) in [5.41, 5.74) is 1.97. The van der Waals surface area contributed by atoms with E-state index in [1.54, 1.807) is 43.3 Å². The molecule has 2 aromatic carbocycles. The highest BCUT2D eigenvalue weighted by molar-refractivity contribution is 5.95. The number of carbonyl (C=O) groups excluding carboxylic acids is 1. The second kappa shape index (κ2) is 13.4. The first-order chi connectivity index (χ1) is 19.9. The van der Waals surface area contributed by atoms with E-state index in [0.717, 1.165) is 11.1 Å². The molecule has 0 saturated carbocycles. The van der Waals surface area contributed by atoms with Crippen LogP contribution in [0.25, 0.3) is 10.9 Å². The Morgan fingerprint density at radius 2 is 2.00 bits per heavy atom. The van der Waals surface area contributed by atoms with Crippen molar-refractivity contribution < 1.29 is 32.2 Å².